The van der Waals surface area contributed by atoms with Gasteiger partial charge in [0.05, 0.1) is 10.5 Å². The van der Waals surface area contributed by atoms with E-state index < -0.39 is 39.3 Å². The van der Waals surface area contributed by atoms with Crippen molar-refractivity contribution in [2.45, 2.75) is 13.1 Å². The molecule has 0 bridgehead atoms. The minimum absolute atomic E-state index is 0.241. The number of carbonyl (C=O) groups excluding carboxylic acids is 1. The zero-order valence-electron chi connectivity index (χ0n) is 8.91. The highest BCUT2D eigenvalue weighted by atomic mass is 19.4. The first kappa shape index (κ1) is 13.6. The molecule has 0 saturated carbocycles. The van der Waals surface area contributed by atoms with Gasteiger partial charge in [0, 0.05) is 11.6 Å². The predicted octanol–water partition coefficient (Wildman–Crippen LogP) is 2.69. The Labute approximate surface area is 98.6 Å². The number of rotatable bonds is 2. The molecule has 0 aliphatic carbocycles. The topological polar surface area (TPSA) is 84.0 Å². The van der Waals surface area contributed by atoms with E-state index in [2.05, 4.69) is 0 Å². The Morgan fingerprint density at radius 1 is 1.44 bits per heavy atom. The van der Waals surface area contributed by atoms with Crippen LogP contribution < -0.4 is 0 Å². The fourth-order valence-corrected chi connectivity index (χ4v) is 1.33. The number of nitrogens with zero attached hydrogens (tertiary/aromatic N) is 2. The summed E-state index contributed by atoms with van der Waals surface area (Å²) in [4.78, 5) is 20.6. The Kier molecular flexibility index (Phi) is 3.37. The van der Waals surface area contributed by atoms with Crippen LogP contribution in [0.3, 0.4) is 0 Å². The third-order valence-corrected chi connectivity index (χ3v) is 2.13. The number of hydrogen-bond acceptors (Lipinski definition) is 4. The number of carbonyl (C=O) groups is 1. The molecule has 8 heteroatoms. The molecule has 1 aromatic rings. The number of benzene rings is 1. The summed E-state index contributed by atoms with van der Waals surface area (Å²) in [5.41, 5.74) is -3.64. The molecule has 0 fully saturated rings. The van der Waals surface area contributed by atoms with Gasteiger partial charge in [-0.25, -0.2) is 0 Å². The summed E-state index contributed by atoms with van der Waals surface area (Å²) in [7, 11) is 0. The average molecular weight is 258 g/mol. The van der Waals surface area contributed by atoms with Crippen molar-refractivity contribution in [3.63, 3.8) is 0 Å². The van der Waals surface area contributed by atoms with Crippen molar-refractivity contribution >= 4 is 11.5 Å². The number of nitro benzene ring substituents is 1. The van der Waals surface area contributed by atoms with Crippen molar-refractivity contribution < 1.29 is 22.9 Å². The standard InChI is InChI=1S/C10H5F3N2O3/c1-5(16)7-2-6(10(11,12)13)3-9(15(17)18)8(7)4-14/h2-3H,1H3. The van der Waals surface area contributed by atoms with Crippen molar-refractivity contribution in [2.75, 3.05) is 0 Å². The average Bonchev–Trinajstić information content (AvgIpc) is 2.25. The predicted molar refractivity (Wildman–Crippen MR) is 52.8 cm³/mol. The third-order valence-electron chi connectivity index (χ3n) is 2.13. The Morgan fingerprint density at radius 2 is 2.00 bits per heavy atom. The van der Waals surface area contributed by atoms with Gasteiger partial charge in [0.25, 0.3) is 5.69 Å². The van der Waals surface area contributed by atoms with Gasteiger partial charge in [0.15, 0.2) is 5.78 Å². The minimum atomic E-state index is -4.83. The Hall–Kier alpha value is -2.43. The van der Waals surface area contributed by atoms with Gasteiger partial charge in [-0.05, 0) is 13.0 Å². The molecule has 0 spiro atoms. The van der Waals surface area contributed by atoms with Crippen LogP contribution in [0, 0.1) is 21.4 Å². The molecule has 0 saturated heterocycles. The lowest BCUT2D eigenvalue weighted by molar-refractivity contribution is -0.385. The molecule has 0 aliphatic heterocycles. The Bertz CT molecular complexity index is 538. The summed E-state index contributed by atoms with van der Waals surface area (Å²) < 4.78 is 37.5. The van der Waals surface area contributed by atoms with Gasteiger partial charge in [-0.3, -0.25) is 14.9 Å². The molecule has 5 nitrogen and oxygen atoms in total. The molecule has 94 valence electrons. The van der Waals surface area contributed by atoms with Gasteiger partial charge < -0.3 is 0 Å². The van der Waals surface area contributed by atoms with E-state index in [1.165, 1.54) is 6.07 Å². The highest BCUT2D eigenvalue weighted by molar-refractivity contribution is 5.98. The van der Waals surface area contributed by atoms with E-state index >= 15 is 0 Å². The third kappa shape index (κ3) is 2.45. The number of nitriles is 1. The van der Waals surface area contributed by atoms with Gasteiger partial charge in [0.2, 0.25) is 0 Å². The number of hydrogen-bond donors (Lipinski definition) is 0. The molecular formula is C10H5F3N2O3. The van der Waals surface area contributed by atoms with E-state index in [-0.39, 0.29) is 6.07 Å². The number of alkyl halides is 3. The molecule has 0 amide bonds. The first-order valence-corrected chi connectivity index (χ1v) is 4.49. The number of halogens is 3. The van der Waals surface area contributed by atoms with Crippen LogP contribution in [-0.4, -0.2) is 10.7 Å². The molecule has 0 radical (unpaired) electrons. The Balaban J connectivity index is 3.72. The lowest BCUT2D eigenvalue weighted by Gasteiger charge is -2.09. The van der Waals surface area contributed by atoms with Gasteiger partial charge in [-0.15, -0.1) is 0 Å². The first-order valence-electron chi connectivity index (χ1n) is 4.49. The molecule has 0 aromatic heterocycles. The van der Waals surface area contributed by atoms with Crippen LogP contribution in [0.1, 0.15) is 28.4 Å². The summed E-state index contributed by atoms with van der Waals surface area (Å²) in [6.07, 6.45) is -4.83. The quantitative estimate of drug-likeness (QED) is 0.463. The van der Waals surface area contributed by atoms with E-state index in [1.807, 2.05) is 0 Å². The zero-order chi connectivity index (χ0) is 14.1. The van der Waals surface area contributed by atoms with Crippen LogP contribution in [0.2, 0.25) is 0 Å². The molecule has 0 aliphatic rings. The second-order valence-electron chi connectivity index (χ2n) is 3.34. The molecule has 0 unspecified atom stereocenters. The minimum Gasteiger partial charge on any atom is -0.294 e. The molecule has 0 heterocycles. The molecule has 1 rings (SSSR count). The van der Waals surface area contributed by atoms with Crippen molar-refractivity contribution in [1.29, 1.82) is 5.26 Å². The maximum atomic E-state index is 12.5. The largest absolute Gasteiger partial charge is 0.416 e. The first-order chi connectivity index (χ1) is 8.18. The van der Waals surface area contributed by atoms with Crippen LogP contribution in [0.5, 0.6) is 0 Å². The van der Waals surface area contributed by atoms with E-state index in [4.69, 9.17) is 5.26 Å². The molecule has 0 atom stereocenters. The fourth-order valence-electron chi connectivity index (χ4n) is 1.33. The van der Waals surface area contributed by atoms with Crippen LogP contribution in [0.25, 0.3) is 0 Å². The molecular weight excluding hydrogens is 253 g/mol. The lowest BCUT2D eigenvalue weighted by Crippen LogP contribution is -2.10. The molecule has 1 aromatic carbocycles. The van der Waals surface area contributed by atoms with Crippen LogP contribution in [0.4, 0.5) is 18.9 Å². The SMILES string of the molecule is CC(=O)c1cc(C(F)(F)F)cc([N+](=O)[O-])c1C#N. The van der Waals surface area contributed by atoms with Crippen molar-refractivity contribution in [3.05, 3.63) is 38.9 Å². The Morgan fingerprint density at radius 3 is 2.33 bits per heavy atom. The highest BCUT2D eigenvalue weighted by Gasteiger charge is 2.35. The number of Topliss-reactive ketones (excluding diaryl/α,β-unsaturated/α-hetero) is 1. The van der Waals surface area contributed by atoms with E-state index in [0.29, 0.717) is 6.07 Å². The summed E-state index contributed by atoms with van der Waals surface area (Å²) in [5, 5.41) is 19.3. The lowest BCUT2D eigenvalue weighted by atomic mass is 9.99. The van der Waals surface area contributed by atoms with E-state index in [1.54, 1.807) is 0 Å². The monoisotopic (exact) mass is 258 g/mol. The van der Waals surface area contributed by atoms with Crippen LogP contribution in [-0.2, 0) is 6.18 Å². The number of ketones is 1. The van der Waals surface area contributed by atoms with E-state index in [9.17, 15) is 28.1 Å². The summed E-state index contributed by atoms with van der Waals surface area (Å²) in [6, 6.07) is 2.06. The van der Waals surface area contributed by atoms with Crippen LogP contribution in [0.15, 0.2) is 12.1 Å². The maximum absolute atomic E-state index is 12.5. The normalized spacial score (nSPS) is 10.8. The molecule has 0 N–H and O–H groups in total. The van der Waals surface area contributed by atoms with Gasteiger partial charge in [0.1, 0.15) is 11.6 Å². The highest BCUT2D eigenvalue weighted by Crippen LogP contribution is 2.34. The van der Waals surface area contributed by atoms with E-state index in [0.717, 1.165) is 6.92 Å². The van der Waals surface area contributed by atoms with Crippen LogP contribution >= 0.6 is 0 Å². The summed E-state index contributed by atoms with van der Waals surface area (Å²) in [5.74, 6) is -0.847. The summed E-state index contributed by atoms with van der Waals surface area (Å²) in [6.45, 7) is 0.931. The van der Waals surface area contributed by atoms with Gasteiger partial charge in [-0.2, -0.15) is 18.4 Å². The van der Waals surface area contributed by atoms with Crippen molar-refractivity contribution in [1.82, 2.24) is 0 Å². The fraction of sp³-hybridized carbons (Fsp3) is 0.200. The smallest absolute Gasteiger partial charge is 0.294 e. The van der Waals surface area contributed by atoms with Crippen molar-refractivity contribution in [3.8, 4) is 6.07 Å². The zero-order valence-corrected chi connectivity index (χ0v) is 8.91. The second kappa shape index (κ2) is 4.44. The maximum Gasteiger partial charge on any atom is 0.416 e. The summed E-state index contributed by atoms with van der Waals surface area (Å²) >= 11 is 0. The van der Waals surface area contributed by atoms with Gasteiger partial charge in [-0.1, -0.05) is 0 Å². The number of nitro groups is 1. The van der Waals surface area contributed by atoms with Gasteiger partial charge >= 0.3 is 6.18 Å². The van der Waals surface area contributed by atoms with Crippen molar-refractivity contribution in [2.24, 2.45) is 0 Å². The second-order valence-corrected chi connectivity index (χ2v) is 3.34. The molecule has 18 heavy (non-hydrogen) atoms.